The first kappa shape index (κ1) is 13.0. The summed E-state index contributed by atoms with van der Waals surface area (Å²) in [5.41, 5.74) is -0.260. The highest BCUT2D eigenvalue weighted by molar-refractivity contribution is 5.93. The van der Waals surface area contributed by atoms with Gasteiger partial charge in [-0.15, -0.1) is 0 Å². The summed E-state index contributed by atoms with van der Waals surface area (Å²) in [6, 6.07) is 0. The van der Waals surface area contributed by atoms with Crippen molar-refractivity contribution in [2.45, 2.75) is 32.7 Å². The Kier molecular flexibility index (Phi) is 5.26. The highest BCUT2D eigenvalue weighted by Crippen LogP contribution is 2.06. The first-order valence-electron chi connectivity index (χ1n) is 4.88. The van der Waals surface area contributed by atoms with E-state index in [0.717, 1.165) is 6.42 Å². The Labute approximate surface area is 86.9 Å². The van der Waals surface area contributed by atoms with E-state index in [9.17, 15) is 4.79 Å². The molecular formula is C11H20N2O. The van der Waals surface area contributed by atoms with Gasteiger partial charge in [0.2, 0.25) is 0 Å². The summed E-state index contributed by atoms with van der Waals surface area (Å²) >= 11 is 0. The molecule has 1 N–H and O–H groups in total. The van der Waals surface area contributed by atoms with E-state index in [0.29, 0.717) is 6.54 Å². The second-order valence-electron chi connectivity index (χ2n) is 3.96. The lowest BCUT2D eigenvalue weighted by molar-refractivity contribution is -0.115. The van der Waals surface area contributed by atoms with Crippen LogP contribution >= 0.6 is 0 Å². The second kappa shape index (κ2) is 5.66. The molecular weight excluding hydrogens is 176 g/mol. The fourth-order valence-electron chi connectivity index (χ4n) is 0.604. The Balaban J connectivity index is 4.21. The Hall–Kier alpha value is -1.01. The van der Waals surface area contributed by atoms with E-state index < -0.39 is 0 Å². The van der Waals surface area contributed by atoms with Gasteiger partial charge in [0.15, 0.2) is 0 Å². The molecule has 0 aliphatic heterocycles. The van der Waals surface area contributed by atoms with Crippen LogP contribution in [0.3, 0.4) is 0 Å². The lowest BCUT2D eigenvalue weighted by atomic mass is 10.1. The van der Waals surface area contributed by atoms with Gasteiger partial charge in [0.1, 0.15) is 0 Å². The Bertz CT molecular complexity index is 246. The van der Waals surface area contributed by atoms with E-state index in [-0.39, 0.29) is 11.4 Å². The molecule has 0 aromatic carbocycles. The number of hydrogen-bond acceptors (Lipinski definition) is 2. The molecule has 1 amide bonds. The summed E-state index contributed by atoms with van der Waals surface area (Å²) in [5.74, 6) is 5.34. The lowest BCUT2D eigenvalue weighted by Gasteiger charge is -2.26. The van der Waals surface area contributed by atoms with E-state index in [4.69, 9.17) is 0 Å². The highest BCUT2D eigenvalue weighted by Gasteiger charge is 2.16. The molecule has 0 saturated heterocycles. The maximum atomic E-state index is 11.2. The van der Waals surface area contributed by atoms with E-state index in [1.807, 2.05) is 39.8 Å². The normalized spacial score (nSPS) is 10.7. The molecule has 0 fully saturated rings. The number of carbonyl (C=O) groups is 1. The van der Waals surface area contributed by atoms with Crippen molar-refractivity contribution in [1.82, 2.24) is 10.2 Å². The van der Waals surface area contributed by atoms with E-state index >= 15 is 0 Å². The zero-order valence-corrected chi connectivity index (χ0v) is 9.77. The smallest absolute Gasteiger partial charge is 0.295 e. The van der Waals surface area contributed by atoms with Gasteiger partial charge in [0, 0.05) is 6.54 Å². The average molecular weight is 196 g/mol. The fourth-order valence-corrected chi connectivity index (χ4v) is 0.604. The maximum absolute atomic E-state index is 11.2. The summed E-state index contributed by atoms with van der Waals surface area (Å²) in [4.78, 5) is 13.1. The summed E-state index contributed by atoms with van der Waals surface area (Å²) < 4.78 is 0. The standard InChI is InChI=1S/C11H20N2O/c1-6-9-12-10(14)7-8-11(2,3)13(4)5/h6,9H2,1-5H3,(H,12,14). The van der Waals surface area contributed by atoms with Crippen molar-refractivity contribution < 1.29 is 4.79 Å². The minimum Gasteiger partial charge on any atom is -0.345 e. The van der Waals surface area contributed by atoms with Crippen LogP contribution in [0.4, 0.5) is 0 Å². The van der Waals surface area contributed by atoms with Crippen molar-refractivity contribution in [1.29, 1.82) is 0 Å². The van der Waals surface area contributed by atoms with Crippen LogP contribution in [0.15, 0.2) is 0 Å². The first-order chi connectivity index (χ1) is 6.40. The van der Waals surface area contributed by atoms with Crippen LogP contribution in [0, 0.1) is 11.8 Å². The molecule has 3 nitrogen and oxygen atoms in total. The van der Waals surface area contributed by atoms with Crippen molar-refractivity contribution >= 4 is 5.91 Å². The fraction of sp³-hybridized carbons (Fsp3) is 0.727. The summed E-state index contributed by atoms with van der Waals surface area (Å²) in [6.07, 6.45) is 0.935. The molecule has 0 aromatic rings. The van der Waals surface area contributed by atoms with Crippen LogP contribution in [0.2, 0.25) is 0 Å². The Morgan fingerprint density at radius 2 is 2.00 bits per heavy atom. The molecule has 0 aliphatic carbocycles. The topological polar surface area (TPSA) is 32.3 Å². The van der Waals surface area contributed by atoms with E-state index in [1.54, 1.807) is 0 Å². The monoisotopic (exact) mass is 196 g/mol. The number of amides is 1. The Morgan fingerprint density at radius 1 is 1.43 bits per heavy atom. The van der Waals surface area contributed by atoms with Gasteiger partial charge in [-0.25, -0.2) is 0 Å². The molecule has 0 heterocycles. The van der Waals surface area contributed by atoms with Crippen molar-refractivity contribution in [3.05, 3.63) is 0 Å². The van der Waals surface area contributed by atoms with Gasteiger partial charge in [-0.2, -0.15) is 0 Å². The van der Waals surface area contributed by atoms with Crippen molar-refractivity contribution in [3.8, 4) is 11.8 Å². The molecule has 0 rings (SSSR count). The zero-order valence-electron chi connectivity index (χ0n) is 9.77. The van der Waals surface area contributed by atoms with Crippen LogP contribution < -0.4 is 5.32 Å². The van der Waals surface area contributed by atoms with Crippen molar-refractivity contribution in [2.24, 2.45) is 0 Å². The minimum absolute atomic E-state index is 0.193. The summed E-state index contributed by atoms with van der Waals surface area (Å²) in [5, 5.41) is 2.71. The first-order valence-corrected chi connectivity index (χ1v) is 4.88. The van der Waals surface area contributed by atoms with Gasteiger partial charge < -0.3 is 5.32 Å². The predicted molar refractivity (Wildman–Crippen MR) is 58.8 cm³/mol. The van der Waals surface area contributed by atoms with Crippen molar-refractivity contribution in [3.63, 3.8) is 0 Å². The third-order valence-electron chi connectivity index (χ3n) is 2.14. The number of hydrogen-bond donors (Lipinski definition) is 1. The number of rotatable bonds is 3. The molecule has 0 saturated carbocycles. The van der Waals surface area contributed by atoms with Gasteiger partial charge in [-0.05, 0) is 40.3 Å². The average Bonchev–Trinajstić information content (AvgIpc) is 2.11. The Morgan fingerprint density at radius 3 is 2.43 bits per heavy atom. The van der Waals surface area contributed by atoms with Crippen LogP contribution in [-0.4, -0.2) is 37.0 Å². The molecule has 0 radical (unpaired) electrons. The number of nitrogens with one attached hydrogen (secondary N) is 1. The predicted octanol–water partition coefficient (Wildman–Crippen LogP) is 0.856. The third-order valence-corrected chi connectivity index (χ3v) is 2.14. The van der Waals surface area contributed by atoms with Gasteiger partial charge >= 0.3 is 0 Å². The zero-order chi connectivity index (χ0) is 11.2. The largest absolute Gasteiger partial charge is 0.345 e. The highest BCUT2D eigenvalue weighted by atomic mass is 16.1. The quantitative estimate of drug-likeness (QED) is 0.679. The SMILES string of the molecule is CCCNC(=O)C#CC(C)(C)N(C)C. The molecule has 0 aliphatic rings. The molecule has 0 bridgehead atoms. The molecule has 0 spiro atoms. The molecule has 3 heteroatoms. The summed E-state index contributed by atoms with van der Waals surface area (Å²) in [6.45, 7) is 6.66. The van der Waals surface area contributed by atoms with Crippen LogP contribution in [-0.2, 0) is 4.79 Å². The molecule has 0 unspecified atom stereocenters. The van der Waals surface area contributed by atoms with Crippen LogP contribution in [0.1, 0.15) is 27.2 Å². The minimum atomic E-state index is -0.260. The second-order valence-corrected chi connectivity index (χ2v) is 3.96. The number of nitrogens with zero attached hydrogens (tertiary/aromatic N) is 1. The van der Waals surface area contributed by atoms with Crippen LogP contribution in [0.5, 0.6) is 0 Å². The third kappa shape index (κ3) is 4.88. The van der Waals surface area contributed by atoms with Crippen LogP contribution in [0.25, 0.3) is 0 Å². The molecule has 0 atom stereocenters. The van der Waals surface area contributed by atoms with Gasteiger partial charge in [-0.1, -0.05) is 12.8 Å². The maximum Gasteiger partial charge on any atom is 0.295 e. The van der Waals surface area contributed by atoms with Gasteiger partial charge in [0.05, 0.1) is 5.54 Å². The van der Waals surface area contributed by atoms with E-state index in [2.05, 4.69) is 17.2 Å². The number of carbonyl (C=O) groups excluding carboxylic acids is 1. The molecule has 80 valence electrons. The summed E-state index contributed by atoms with van der Waals surface area (Å²) in [7, 11) is 3.89. The molecule has 14 heavy (non-hydrogen) atoms. The van der Waals surface area contributed by atoms with Gasteiger partial charge in [0.25, 0.3) is 5.91 Å². The molecule has 0 aromatic heterocycles. The van der Waals surface area contributed by atoms with Crippen molar-refractivity contribution in [2.75, 3.05) is 20.6 Å². The van der Waals surface area contributed by atoms with E-state index in [1.165, 1.54) is 0 Å². The lowest BCUT2D eigenvalue weighted by Crippen LogP contribution is -2.37. The van der Waals surface area contributed by atoms with Gasteiger partial charge in [-0.3, -0.25) is 9.69 Å².